The molecule has 0 unspecified atom stereocenters. The minimum atomic E-state index is -0.377. The molecule has 0 radical (unpaired) electrons. The fraction of sp³-hybridized carbons (Fsp3) is 0.571. The molecule has 1 saturated heterocycles. The summed E-state index contributed by atoms with van der Waals surface area (Å²) in [4.78, 5) is 3.34. The molecule has 0 bridgehead atoms. The van der Waals surface area contributed by atoms with E-state index in [0.29, 0.717) is 5.92 Å². The van der Waals surface area contributed by atoms with Gasteiger partial charge in [0.15, 0.2) is 0 Å². The number of hydrogen-bond donors (Lipinski definition) is 1. The van der Waals surface area contributed by atoms with Gasteiger partial charge in [-0.05, 0) is 37.0 Å². The van der Waals surface area contributed by atoms with E-state index in [1.165, 1.54) is 12.8 Å². The van der Waals surface area contributed by atoms with Crippen molar-refractivity contribution in [3.8, 4) is 0 Å². The lowest BCUT2D eigenvalue weighted by Crippen LogP contribution is -2.63. The van der Waals surface area contributed by atoms with Crippen LogP contribution in [0.1, 0.15) is 12.8 Å². The minimum Gasteiger partial charge on any atom is -0.387 e. The van der Waals surface area contributed by atoms with Crippen molar-refractivity contribution in [1.29, 1.82) is 0 Å². The lowest BCUT2D eigenvalue weighted by Gasteiger charge is -2.47. The van der Waals surface area contributed by atoms with Crippen molar-refractivity contribution < 1.29 is 5.11 Å². The Morgan fingerprint density at radius 1 is 1.32 bits per heavy atom. The Morgan fingerprint density at radius 3 is 2.74 bits per heavy atom. The topological polar surface area (TPSA) is 23.5 Å². The van der Waals surface area contributed by atoms with Crippen molar-refractivity contribution in [1.82, 2.24) is 4.90 Å². The van der Waals surface area contributed by atoms with Gasteiger partial charge >= 0.3 is 0 Å². The molecule has 1 N–H and O–H groups in total. The third kappa shape index (κ3) is 3.22. The summed E-state index contributed by atoms with van der Waals surface area (Å²) in [7, 11) is 0. The molecule has 1 heterocycles. The summed E-state index contributed by atoms with van der Waals surface area (Å²) in [6.45, 7) is 2.66. The molecule has 0 amide bonds. The molecule has 1 saturated carbocycles. The number of aliphatic hydroxyl groups is 1. The second-order valence-electron chi connectivity index (χ2n) is 5.51. The summed E-state index contributed by atoms with van der Waals surface area (Å²) in [6.07, 6.45) is 2.41. The maximum absolute atomic E-state index is 10.2. The summed E-state index contributed by atoms with van der Waals surface area (Å²) < 4.78 is 0. The summed E-state index contributed by atoms with van der Waals surface area (Å²) in [5, 5.41) is 11.7. The third-order valence-electron chi connectivity index (χ3n) is 3.89. The van der Waals surface area contributed by atoms with Crippen molar-refractivity contribution in [3.63, 3.8) is 0 Å². The number of benzene rings is 1. The Kier molecular flexibility index (Phi) is 4.03. The van der Waals surface area contributed by atoms with E-state index in [4.69, 9.17) is 23.2 Å². The van der Waals surface area contributed by atoms with Crippen molar-refractivity contribution in [2.75, 3.05) is 25.4 Å². The van der Waals surface area contributed by atoms with E-state index >= 15 is 0 Å². The standard InChI is InChI=1S/C14H17Cl2NOS/c15-11-3-4-12(16)13(7-11)19-6-5-17-8-14(18,9-17)10-1-2-10/h3-4,7,10,18H,1-2,5-6,8-9H2. The largest absolute Gasteiger partial charge is 0.387 e. The van der Waals surface area contributed by atoms with Gasteiger partial charge in [0, 0.05) is 35.3 Å². The van der Waals surface area contributed by atoms with Crippen molar-refractivity contribution in [2.45, 2.75) is 23.3 Å². The normalized spacial score (nSPS) is 22.3. The van der Waals surface area contributed by atoms with Crippen LogP contribution in [0.25, 0.3) is 0 Å². The van der Waals surface area contributed by atoms with Gasteiger partial charge in [-0.15, -0.1) is 11.8 Å². The maximum Gasteiger partial charge on any atom is 0.0928 e. The van der Waals surface area contributed by atoms with E-state index in [0.717, 1.165) is 40.3 Å². The number of likely N-dealkylation sites (tertiary alicyclic amines) is 1. The maximum atomic E-state index is 10.2. The van der Waals surface area contributed by atoms with Crippen LogP contribution in [-0.4, -0.2) is 41.0 Å². The molecule has 1 aliphatic carbocycles. The van der Waals surface area contributed by atoms with Crippen LogP contribution in [0.15, 0.2) is 23.1 Å². The Balaban J connectivity index is 1.43. The van der Waals surface area contributed by atoms with Crippen LogP contribution in [-0.2, 0) is 0 Å². The van der Waals surface area contributed by atoms with E-state index in [1.807, 2.05) is 12.1 Å². The molecule has 19 heavy (non-hydrogen) atoms. The average molecular weight is 318 g/mol. The van der Waals surface area contributed by atoms with Gasteiger partial charge in [-0.3, -0.25) is 4.90 Å². The Bertz CT molecular complexity index is 473. The Labute approximate surface area is 128 Å². The van der Waals surface area contributed by atoms with Crippen LogP contribution >= 0.6 is 35.0 Å². The minimum absolute atomic E-state index is 0.377. The van der Waals surface area contributed by atoms with E-state index in [-0.39, 0.29) is 5.60 Å². The van der Waals surface area contributed by atoms with Gasteiger partial charge in [-0.2, -0.15) is 0 Å². The molecule has 104 valence electrons. The molecule has 2 fully saturated rings. The first-order chi connectivity index (χ1) is 9.07. The molecule has 2 aliphatic rings. The van der Waals surface area contributed by atoms with Crippen molar-refractivity contribution >= 4 is 35.0 Å². The molecule has 0 aromatic heterocycles. The van der Waals surface area contributed by atoms with Gasteiger partial charge < -0.3 is 5.11 Å². The fourth-order valence-electron chi connectivity index (χ4n) is 2.64. The second-order valence-corrected chi connectivity index (χ2v) is 7.49. The molecular weight excluding hydrogens is 301 g/mol. The van der Waals surface area contributed by atoms with Gasteiger partial charge in [0.25, 0.3) is 0 Å². The number of nitrogens with zero attached hydrogens (tertiary/aromatic N) is 1. The highest BCUT2D eigenvalue weighted by Gasteiger charge is 2.51. The first-order valence-electron chi connectivity index (χ1n) is 6.59. The number of halogens is 2. The highest BCUT2D eigenvalue weighted by atomic mass is 35.5. The molecular formula is C14H17Cl2NOS. The first-order valence-corrected chi connectivity index (χ1v) is 8.33. The molecule has 0 atom stereocenters. The molecule has 5 heteroatoms. The smallest absolute Gasteiger partial charge is 0.0928 e. The van der Waals surface area contributed by atoms with Crippen LogP contribution in [0, 0.1) is 5.92 Å². The van der Waals surface area contributed by atoms with Crippen LogP contribution in [0.5, 0.6) is 0 Å². The lowest BCUT2D eigenvalue weighted by atomic mass is 9.89. The molecule has 0 spiro atoms. The van der Waals surface area contributed by atoms with Gasteiger partial charge in [-0.1, -0.05) is 23.2 Å². The van der Waals surface area contributed by atoms with Gasteiger partial charge in [0.2, 0.25) is 0 Å². The molecule has 1 aromatic carbocycles. The van der Waals surface area contributed by atoms with Crippen LogP contribution in [0.4, 0.5) is 0 Å². The van der Waals surface area contributed by atoms with Crippen LogP contribution in [0.2, 0.25) is 10.0 Å². The lowest BCUT2D eigenvalue weighted by molar-refractivity contribution is -0.110. The van der Waals surface area contributed by atoms with Gasteiger partial charge in [-0.25, -0.2) is 0 Å². The number of rotatable bonds is 5. The van der Waals surface area contributed by atoms with Crippen LogP contribution in [0.3, 0.4) is 0 Å². The molecule has 3 rings (SSSR count). The highest BCUT2D eigenvalue weighted by molar-refractivity contribution is 7.99. The van der Waals surface area contributed by atoms with E-state index in [9.17, 15) is 5.11 Å². The third-order valence-corrected chi connectivity index (χ3v) is 5.60. The first kappa shape index (κ1) is 14.0. The zero-order valence-electron chi connectivity index (χ0n) is 10.6. The van der Waals surface area contributed by atoms with Crippen molar-refractivity contribution in [2.24, 2.45) is 5.92 Å². The highest BCUT2D eigenvalue weighted by Crippen LogP contribution is 2.44. The quantitative estimate of drug-likeness (QED) is 0.840. The summed E-state index contributed by atoms with van der Waals surface area (Å²) in [5.41, 5.74) is -0.377. The second kappa shape index (κ2) is 5.45. The van der Waals surface area contributed by atoms with Gasteiger partial charge in [0.05, 0.1) is 10.6 Å². The molecule has 1 aliphatic heterocycles. The predicted octanol–water partition coefficient (Wildman–Crippen LogP) is 3.54. The Morgan fingerprint density at radius 2 is 2.05 bits per heavy atom. The Hall–Kier alpha value is 0.0700. The van der Waals surface area contributed by atoms with E-state index < -0.39 is 0 Å². The number of thioether (sulfide) groups is 1. The monoisotopic (exact) mass is 317 g/mol. The number of β-amino-alcohol motifs (C(OH)–C–C–N with tert-alkyl or cyclic N) is 1. The average Bonchev–Trinajstić information content (AvgIpc) is 3.15. The zero-order valence-corrected chi connectivity index (χ0v) is 12.9. The predicted molar refractivity (Wildman–Crippen MR) is 81.3 cm³/mol. The van der Waals surface area contributed by atoms with E-state index in [2.05, 4.69) is 4.90 Å². The van der Waals surface area contributed by atoms with Crippen molar-refractivity contribution in [3.05, 3.63) is 28.2 Å². The summed E-state index contributed by atoms with van der Waals surface area (Å²) in [5.74, 6) is 1.54. The molecule has 2 nitrogen and oxygen atoms in total. The zero-order chi connectivity index (χ0) is 13.5. The van der Waals surface area contributed by atoms with Crippen LogP contribution < -0.4 is 0 Å². The molecule has 1 aromatic rings. The fourth-order valence-corrected chi connectivity index (χ4v) is 4.14. The van der Waals surface area contributed by atoms with E-state index in [1.54, 1.807) is 17.8 Å². The SMILES string of the molecule is OC1(C2CC2)CN(CCSc2cc(Cl)ccc2Cl)C1. The van der Waals surface area contributed by atoms with Gasteiger partial charge in [0.1, 0.15) is 0 Å². The summed E-state index contributed by atoms with van der Waals surface area (Å²) in [6, 6.07) is 5.55. The number of hydrogen-bond acceptors (Lipinski definition) is 3. The summed E-state index contributed by atoms with van der Waals surface area (Å²) >= 11 is 13.8.